The number of hydrogen-bond acceptors (Lipinski definition) is 5. The van der Waals surface area contributed by atoms with Crippen molar-refractivity contribution in [3.05, 3.63) is 46.8 Å². The fourth-order valence-electron chi connectivity index (χ4n) is 4.06. The summed E-state index contributed by atoms with van der Waals surface area (Å²) in [5.74, 6) is 0.327. The molecule has 0 atom stereocenters. The van der Waals surface area contributed by atoms with Gasteiger partial charge in [-0.15, -0.1) is 0 Å². The van der Waals surface area contributed by atoms with Crippen molar-refractivity contribution in [2.24, 2.45) is 5.92 Å². The molecule has 1 aromatic carbocycles. The summed E-state index contributed by atoms with van der Waals surface area (Å²) in [6.07, 6.45) is 9.80. The molecule has 5 rings (SSSR count). The summed E-state index contributed by atoms with van der Waals surface area (Å²) in [7, 11) is 2.16. The quantitative estimate of drug-likeness (QED) is 0.562. The molecule has 1 N–H and O–H groups in total. The van der Waals surface area contributed by atoms with Gasteiger partial charge >= 0.3 is 0 Å². The molecule has 150 valence electrons. The zero-order valence-electron chi connectivity index (χ0n) is 16.4. The maximum Gasteiger partial charge on any atom is 0.169 e. The molecule has 1 aliphatic carbocycles. The number of benzene rings is 1. The standard InChI is InChI=1S/C22H24BrN5O/c1-27-8-6-17(7-9-27)28-13-16(11-25-28)26-21-18-10-15(23)4-5-20(18)24-12-19(21)22(29)14-2-3-14/h4-5,10-14,17H,2-3,6-9H2,1H3,(H,24,26). The van der Waals surface area contributed by atoms with E-state index in [4.69, 9.17) is 0 Å². The molecule has 1 saturated carbocycles. The number of anilines is 2. The second-order valence-electron chi connectivity index (χ2n) is 8.22. The van der Waals surface area contributed by atoms with Gasteiger partial charge in [-0.3, -0.25) is 14.5 Å². The highest BCUT2D eigenvalue weighted by Gasteiger charge is 2.32. The average molecular weight is 454 g/mol. The van der Waals surface area contributed by atoms with Gasteiger partial charge in [0.05, 0.1) is 34.7 Å². The number of Topliss-reactive ketones (excluding diaryl/α,β-unsaturated/α-hetero) is 1. The van der Waals surface area contributed by atoms with E-state index < -0.39 is 0 Å². The topological polar surface area (TPSA) is 63.0 Å². The Morgan fingerprint density at radius 1 is 1.17 bits per heavy atom. The zero-order valence-corrected chi connectivity index (χ0v) is 18.0. The van der Waals surface area contributed by atoms with Gasteiger partial charge in [0.1, 0.15) is 0 Å². The highest BCUT2D eigenvalue weighted by Crippen LogP contribution is 2.38. The summed E-state index contributed by atoms with van der Waals surface area (Å²) < 4.78 is 3.03. The van der Waals surface area contributed by atoms with Gasteiger partial charge in [0.25, 0.3) is 0 Å². The predicted octanol–water partition coefficient (Wildman–Crippen LogP) is 4.80. The van der Waals surface area contributed by atoms with Crippen LogP contribution >= 0.6 is 15.9 Å². The minimum Gasteiger partial charge on any atom is -0.352 e. The summed E-state index contributed by atoms with van der Waals surface area (Å²) >= 11 is 3.56. The molecule has 6 nitrogen and oxygen atoms in total. The Kier molecular flexibility index (Phi) is 4.87. The van der Waals surface area contributed by atoms with Crippen molar-refractivity contribution in [3.8, 4) is 0 Å². The van der Waals surface area contributed by atoms with Gasteiger partial charge < -0.3 is 10.2 Å². The molecule has 2 aliphatic rings. The fourth-order valence-corrected chi connectivity index (χ4v) is 4.42. The van der Waals surface area contributed by atoms with E-state index >= 15 is 0 Å². The maximum atomic E-state index is 12.9. The molecule has 0 amide bonds. The Morgan fingerprint density at radius 2 is 1.97 bits per heavy atom. The Labute approximate surface area is 178 Å². The van der Waals surface area contributed by atoms with E-state index in [0.29, 0.717) is 11.6 Å². The molecular weight excluding hydrogens is 430 g/mol. The molecule has 3 aromatic rings. The SMILES string of the molecule is CN1CCC(n2cc(Nc3c(C(=O)C4CC4)cnc4ccc(Br)cc34)cn2)CC1. The summed E-state index contributed by atoms with van der Waals surface area (Å²) in [5.41, 5.74) is 3.27. The number of halogens is 1. The molecule has 0 spiro atoms. The van der Waals surface area contributed by atoms with E-state index in [9.17, 15) is 4.79 Å². The molecular formula is C22H24BrN5O. The van der Waals surface area contributed by atoms with Crippen molar-refractivity contribution >= 4 is 44.0 Å². The summed E-state index contributed by atoms with van der Waals surface area (Å²) in [6.45, 7) is 2.19. The van der Waals surface area contributed by atoms with Crippen LogP contribution in [0.3, 0.4) is 0 Å². The highest BCUT2D eigenvalue weighted by molar-refractivity contribution is 9.10. The Hall–Kier alpha value is -2.25. The Morgan fingerprint density at radius 3 is 2.72 bits per heavy atom. The van der Waals surface area contributed by atoms with Crippen LogP contribution in [0.2, 0.25) is 0 Å². The van der Waals surface area contributed by atoms with Crippen LogP contribution in [0.15, 0.2) is 41.3 Å². The van der Waals surface area contributed by atoms with Crippen molar-refractivity contribution in [2.75, 3.05) is 25.5 Å². The van der Waals surface area contributed by atoms with E-state index in [1.54, 1.807) is 6.20 Å². The number of likely N-dealkylation sites (tertiary alicyclic amines) is 1. The van der Waals surface area contributed by atoms with Crippen LogP contribution in [0.1, 0.15) is 42.1 Å². The lowest BCUT2D eigenvalue weighted by atomic mass is 10.0. The maximum absolute atomic E-state index is 12.9. The molecule has 7 heteroatoms. The first kappa shape index (κ1) is 18.8. The Bertz CT molecular complexity index is 1070. The summed E-state index contributed by atoms with van der Waals surface area (Å²) in [4.78, 5) is 19.8. The second-order valence-corrected chi connectivity index (χ2v) is 9.13. The molecule has 0 radical (unpaired) electrons. The van der Waals surface area contributed by atoms with Crippen molar-refractivity contribution in [1.29, 1.82) is 0 Å². The minimum atomic E-state index is 0.143. The highest BCUT2D eigenvalue weighted by atomic mass is 79.9. The van der Waals surface area contributed by atoms with Gasteiger partial charge in [0.2, 0.25) is 0 Å². The number of nitrogens with zero attached hydrogens (tertiary/aromatic N) is 4. The summed E-state index contributed by atoms with van der Waals surface area (Å²) in [6, 6.07) is 6.39. The number of fused-ring (bicyclic) bond motifs is 1. The van der Waals surface area contributed by atoms with E-state index in [2.05, 4.69) is 54.2 Å². The second kappa shape index (κ2) is 7.54. The van der Waals surface area contributed by atoms with Crippen LogP contribution in [0, 0.1) is 5.92 Å². The third-order valence-electron chi connectivity index (χ3n) is 5.98. The molecule has 2 fully saturated rings. The fraction of sp³-hybridized carbons (Fsp3) is 0.409. The van der Waals surface area contributed by atoms with Gasteiger partial charge in [0.15, 0.2) is 5.78 Å². The average Bonchev–Trinajstić information content (AvgIpc) is 3.47. The number of carbonyl (C=O) groups is 1. The number of pyridine rings is 1. The smallest absolute Gasteiger partial charge is 0.169 e. The van der Waals surface area contributed by atoms with Crippen LogP contribution in [0.4, 0.5) is 11.4 Å². The molecule has 1 aliphatic heterocycles. The van der Waals surface area contributed by atoms with E-state index in [1.807, 2.05) is 24.4 Å². The van der Waals surface area contributed by atoms with Crippen molar-refractivity contribution in [1.82, 2.24) is 19.7 Å². The number of ketones is 1. The van der Waals surface area contributed by atoms with Crippen molar-refractivity contribution < 1.29 is 4.79 Å². The first-order valence-electron chi connectivity index (χ1n) is 10.2. The van der Waals surface area contributed by atoms with Gasteiger partial charge in [-0.1, -0.05) is 15.9 Å². The van der Waals surface area contributed by atoms with Gasteiger partial charge in [-0.05, 0) is 64.0 Å². The van der Waals surface area contributed by atoms with Crippen LogP contribution < -0.4 is 5.32 Å². The third kappa shape index (κ3) is 3.81. The largest absolute Gasteiger partial charge is 0.352 e. The third-order valence-corrected chi connectivity index (χ3v) is 6.47. The van der Waals surface area contributed by atoms with Gasteiger partial charge in [-0.25, -0.2) is 0 Å². The van der Waals surface area contributed by atoms with Crippen molar-refractivity contribution in [2.45, 2.75) is 31.7 Å². The Balaban J connectivity index is 1.50. The summed E-state index contributed by atoms with van der Waals surface area (Å²) in [5, 5.41) is 9.05. The van der Waals surface area contributed by atoms with Crippen molar-refractivity contribution in [3.63, 3.8) is 0 Å². The van der Waals surface area contributed by atoms with E-state index in [0.717, 1.165) is 65.5 Å². The lowest BCUT2D eigenvalue weighted by molar-refractivity contribution is 0.0968. The van der Waals surface area contributed by atoms with Gasteiger partial charge in [-0.2, -0.15) is 5.10 Å². The molecule has 0 unspecified atom stereocenters. The first-order chi connectivity index (χ1) is 14.1. The van der Waals surface area contributed by atoms with E-state index in [1.165, 1.54) is 0 Å². The van der Waals surface area contributed by atoms with Gasteiger partial charge in [0, 0.05) is 28.2 Å². The molecule has 0 bridgehead atoms. The first-order valence-corrected chi connectivity index (χ1v) is 11.0. The molecule has 3 heterocycles. The monoisotopic (exact) mass is 453 g/mol. The minimum absolute atomic E-state index is 0.143. The number of carbonyl (C=O) groups excluding carboxylic acids is 1. The predicted molar refractivity (Wildman–Crippen MR) is 118 cm³/mol. The number of rotatable bonds is 5. The van der Waals surface area contributed by atoms with Crippen LogP contribution in [-0.4, -0.2) is 45.6 Å². The molecule has 1 saturated heterocycles. The van der Waals surface area contributed by atoms with Crippen LogP contribution in [0.5, 0.6) is 0 Å². The van der Waals surface area contributed by atoms with Crippen LogP contribution in [-0.2, 0) is 0 Å². The zero-order chi connectivity index (χ0) is 20.0. The number of nitrogens with one attached hydrogen (secondary N) is 1. The lowest BCUT2D eigenvalue weighted by Crippen LogP contribution is -2.31. The number of aromatic nitrogens is 3. The number of hydrogen-bond donors (Lipinski definition) is 1. The number of piperidine rings is 1. The van der Waals surface area contributed by atoms with E-state index in [-0.39, 0.29) is 11.7 Å². The normalized spacial score (nSPS) is 18.3. The van der Waals surface area contributed by atoms with Crippen LogP contribution in [0.25, 0.3) is 10.9 Å². The molecule has 2 aromatic heterocycles. The molecule has 29 heavy (non-hydrogen) atoms. The lowest BCUT2D eigenvalue weighted by Gasteiger charge is -2.28.